The highest BCUT2D eigenvalue weighted by Crippen LogP contribution is 2.07. The Bertz CT molecular complexity index is 398. The van der Waals surface area contributed by atoms with E-state index in [0.29, 0.717) is 11.4 Å². The monoisotopic (exact) mass is 319 g/mol. The van der Waals surface area contributed by atoms with Crippen molar-refractivity contribution in [3.8, 4) is 0 Å². The largest absolute Gasteiger partial charge is 0.351 e. The van der Waals surface area contributed by atoms with Gasteiger partial charge in [0.25, 0.3) is 5.91 Å². The summed E-state index contributed by atoms with van der Waals surface area (Å²) in [6.07, 6.45) is 2.97. The molecular formula is C13H22ClN3O2S. The van der Waals surface area contributed by atoms with Gasteiger partial charge < -0.3 is 16.4 Å². The Morgan fingerprint density at radius 1 is 1.45 bits per heavy atom. The summed E-state index contributed by atoms with van der Waals surface area (Å²) in [6, 6.07) is 3.52. The number of unbranched alkanes of at least 4 members (excludes halogenated alkanes) is 1. The number of rotatable bonds is 8. The molecule has 0 spiro atoms. The topological polar surface area (TPSA) is 84.2 Å². The summed E-state index contributed by atoms with van der Waals surface area (Å²) in [4.78, 5) is 23.9. The molecule has 1 rings (SSSR count). The first-order chi connectivity index (χ1) is 9.17. The van der Waals surface area contributed by atoms with E-state index in [-0.39, 0.29) is 36.8 Å². The predicted molar refractivity (Wildman–Crippen MR) is 84.4 cm³/mol. The molecule has 0 saturated heterocycles. The standard InChI is InChI=1S/C13H21N3O2S.ClH/c1-2-3-5-10(8-14)16-12(17)9-15-13(18)11-6-4-7-19-11;/h4,6-7,10H,2-3,5,8-9,14H2,1H3,(H,15,18)(H,16,17);1H. The van der Waals surface area contributed by atoms with Crippen molar-refractivity contribution in [1.29, 1.82) is 0 Å². The Morgan fingerprint density at radius 2 is 2.20 bits per heavy atom. The molecule has 0 aliphatic carbocycles. The Morgan fingerprint density at radius 3 is 2.75 bits per heavy atom. The van der Waals surface area contributed by atoms with Crippen molar-refractivity contribution in [2.45, 2.75) is 32.2 Å². The van der Waals surface area contributed by atoms with Crippen LogP contribution in [0.15, 0.2) is 17.5 Å². The summed E-state index contributed by atoms with van der Waals surface area (Å²) in [7, 11) is 0. The summed E-state index contributed by atoms with van der Waals surface area (Å²) in [5.74, 6) is -0.417. The van der Waals surface area contributed by atoms with Gasteiger partial charge in [0.15, 0.2) is 0 Å². The van der Waals surface area contributed by atoms with Crippen molar-refractivity contribution < 1.29 is 9.59 Å². The quantitative estimate of drug-likeness (QED) is 0.679. The van der Waals surface area contributed by atoms with Crippen LogP contribution in [0.5, 0.6) is 0 Å². The van der Waals surface area contributed by atoms with Crippen molar-refractivity contribution in [2.75, 3.05) is 13.1 Å². The Kier molecular flexibility index (Phi) is 10.1. The smallest absolute Gasteiger partial charge is 0.261 e. The van der Waals surface area contributed by atoms with Crippen LogP contribution in [0.3, 0.4) is 0 Å². The van der Waals surface area contributed by atoms with Gasteiger partial charge in [0.05, 0.1) is 11.4 Å². The van der Waals surface area contributed by atoms with Crippen molar-refractivity contribution in [1.82, 2.24) is 10.6 Å². The normalized spacial score (nSPS) is 11.3. The molecule has 7 heteroatoms. The summed E-state index contributed by atoms with van der Waals surface area (Å²) < 4.78 is 0. The van der Waals surface area contributed by atoms with E-state index < -0.39 is 0 Å². The average Bonchev–Trinajstić information content (AvgIpc) is 2.94. The maximum absolute atomic E-state index is 11.7. The first-order valence-electron chi connectivity index (χ1n) is 6.48. The van der Waals surface area contributed by atoms with Crippen LogP contribution in [0.4, 0.5) is 0 Å². The van der Waals surface area contributed by atoms with E-state index in [0.717, 1.165) is 19.3 Å². The second-order valence-electron chi connectivity index (χ2n) is 4.30. The van der Waals surface area contributed by atoms with Gasteiger partial charge >= 0.3 is 0 Å². The van der Waals surface area contributed by atoms with Crippen LogP contribution in [0.2, 0.25) is 0 Å². The van der Waals surface area contributed by atoms with E-state index in [9.17, 15) is 9.59 Å². The number of nitrogens with one attached hydrogen (secondary N) is 2. The maximum atomic E-state index is 11.7. The highest BCUT2D eigenvalue weighted by Gasteiger charge is 2.12. The molecule has 0 fully saturated rings. The summed E-state index contributed by atoms with van der Waals surface area (Å²) in [5.41, 5.74) is 5.59. The van der Waals surface area contributed by atoms with Gasteiger partial charge in [0.2, 0.25) is 5.91 Å². The average molecular weight is 320 g/mol. The minimum atomic E-state index is -0.219. The maximum Gasteiger partial charge on any atom is 0.261 e. The van der Waals surface area contributed by atoms with Gasteiger partial charge in [-0.15, -0.1) is 23.7 Å². The van der Waals surface area contributed by atoms with Crippen LogP contribution in [-0.4, -0.2) is 30.9 Å². The Labute approximate surface area is 129 Å². The number of hydrogen-bond acceptors (Lipinski definition) is 4. The zero-order valence-electron chi connectivity index (χ0n) is 11.6. The van der Waals surface area contributed by atoms with Crippen molar-refractivity contribution in [2.24, 2.45) is 5.73 Å². The number of nitrogens with two attached hydrogens (primary N) is 1. The summed E-state index contributed by atoms with van der Waals surface area (Å²) >= 11 is 1.35. The van der Waals surface area contributed by atoms with Crippen LogP contribution < -0.4 is 16.4 Å². The lowest BCUT2D eigenvalue weighted by Gasteiger charge is -2.16. The third kappa shape index (κ3) is 6.88. The minimum absolute atomic E-state index is 0. The first-order valence-corrected chi connectivity index (χ1v) is 7.36. The lowest BCUT2D eigenvalue weighted by Crippen LogP contribution is -2.45. The molecule has 0 radical (unpaired) electrons. The summed E-state index contributed by atoms with van der Waals surface area (Å²) in [5, 5.41) is 7.24. The lowest BCUT2D eigenvalue weighted by molar-refractivity contribution is -0.120. The van der Waals surface area contributed by atoms with Crippen molar-refractivity contribution in [3.05, 3.63) is 22.4 Å². The molecule has 114 valence electrons. The molecule has 0 aliphatic heterocycles. The molecular weight excluding hydrogens is 298 g/mol. The third-order valence-electron chi connectivity index (χ3n) is 2.71. The van der Waals surface area contributed by atoms with E-state index in [1.165, 1.54) is 11.3 Å². The molecule has 5 nitrogen and oxygen atoms in total. The van der Waals surface area contributed by atoms with Crippen molar-refractivity contribution in [3.63, 3.8) is 0 Å². The third-order valence-corrected chi connectivity index (χ3v) is 3.58. The number of thiophene rings is 1. The highest BCUT2D eigenvalue weighted by molar-refractivity contribution is 7.12. The fraction of sp³-hybridized carbons (Fsp3) is 0.538. The molecule has 1 atom stereocenters. The number of carbonyl (C=O) groups excluding carboxylic acids is 2. The van der Waals surface area contributed by atoms with Crippen LogP contribution in [0, 0.1) is 0 Å². The zero-order valence-corrected chi connectivity index (χ0v) is 13.2. The highest BCUT2D eigenvalue weighted by atomic mass is 35.5. The SMILES string of the molecule is CCCCC(CN)NC(=O)CNC(=O)c1cccs1.Cl. The minimum Gasteiger partial charge on any atom is -0.351 e. The van der Waals surface area contributed by atoms with Gasteiger partial charge in [-0.1, -0.05) is 25.8 Å². The molecule has 0 aliphatic rings. The van der Waals surface area contributed by atoms with Gasteiger partial charge in [-0.3, -0.25) is 9.59 Å². The van der Waals surface area contributed by atoms with E-state index in [2.05, 4.69) is 17.6 Å². The zero-order chi connectivity index (χ0) is 14.1. The van der Waals surface area contributed by atoms with E-state index in [1.807, 2.05) is 5.38 Å². The van der Waals surface area contributed by atoms with Gasteiger partial charge in [-0.05, 0) is 17.9 Å². The number of halogens is 1. The van der Waals surface area contributed by atoms with Gasteiger partial charge in [0, 0.05) is 12.6 Å². The molecule has 0 bridgehead atoms. The molecule has 0 aromatic carbocycles. The fourth-order valence-corrected chi connectivity index (χ4v) is 2.27. The summed E-state index contributed by atoms with van der Waals surface area (Å²) in [6.45, 7) is 2.50. The van der Waals surface area contributed by atoms with Crippen molar-refractivity contribution >= 4 is 35.6 Å². The molecule has 20 heavy (non-hydrogen) atoms. The van der Waals surface area contributed by atoms with Gasteiger partial charge in [-0.2, -0.15) is 0 Å². The molecule has 0 saturated carbocycles. The van der Waals surface area contributed by atoms with E-state index in [1.54, 1.807) is 12.1 Å². The number of hydrogen-bond donors (Lipinski definition) is 3. The second kappa shape index (κ2) is 10.7. The lowest BCUT2D eigenvalue weighted by atomic mass is 10.1. The molecule has 1 heterocycles. The molecule has 1 aromatic rings. The van der Waals surface area contributed by atoms with Crippen LogP contribution in [0.1, 0.15) is 35.9 Å². The number of amides is 2. The predicted octanol–water partition coefficient (Wildman–Crippen LogP) is 1.53. The Hall–Kier alpha value is -1.11. The number of carbonyl (C=O) groups is 2. The second-order valence-corrected chi connectivity index (χ2v) is 5.25. The molecule has 1 unspecified atom stereocenters. The van der Waals surface area contributed by atoms with Gasteiger partial charge in [0.1, 0.15) is 0 Å². The van der Waals surface area contributed by atoms with E-state index in [4.69, 9.17) is 5.73 Å². The van der Waals surface area contributed by atoms with E-state index >= 15 is 0 Å². The molecule has 2 amide bonds. The molecule has 1 aromatic heterocycles. The molecule has 4 N–H and O–H groups in total. The van der Waals surface area contributed by atoms with Crippen LogP contribution in [0.25, 0.3) is 0 Å². The Balaban J connectivity index is 0.00000361. The van der Waals surface area contributed by atoms with Gasteiger partial charge in [-0.25, -0.2) is 0 Å². The van der Waals surface area contributed by atoms with Crippen LogP contribution >= 0.6 is 23.7 Å². The van der Waals surface area contributed by atoms with Crippen LogP contribution in [-0.2, 0) is 4.79 Å². The fourth-order valence-electron chi connectivity index (χ4n) is 1.63. The first kappa shape index (κ1) is 18.9.